The van der Waals surface area contributed by atoms with E-state index in [2.05, 4.69) is 9.72 Å². The largest absolute Gasteiger partial charge is 0.454 e. The topological polar surface area (TPSA) is 53.4 Å². The quantitative estimate of drug-likeness (QED) is 0.375. The molecule has 0 bridgehead atoms. The molecule has 1 aromatic heterocycles. The Labute approximate surface area is 163 Å². The molecule has 0 amide bonds. The van der Waals surface area contributed by atoms with Crippen LogP contribution >= 0.6 is 0 Å². The average Bonchev–Trinajstić information content (AvgIpc) is 3.07. The van der Waals surface area contributed by atoms with Gasteiger partial charge >= 0.3 is 19.1 Å². The van der Waals surface area contributed by atoms with E-state index in [9.17, 15) is 22.4 Å². The van der Waals surface area contributed by atoms with Crippen molar-refractivity contribution in [3.63, 3.8) is 0 Å². The molecule has 1 unspecified atom stereocenters. The summed E-state index contributed by atoms with van der Waals surface area (Å²) >= 11 is 0. The number of aromatic nitrogens is 2. The van der Waals surface area contributed by atoms with E-state index in [1.807, 2.05) is 0 Å². The highest BCUT2D eigenvalue weighted by atomic mass is 19.3. The molecule has 9 heteroatoms. The molecule has 154 valence electrons. The van der Waals surface area contributed by atoms with Crippen molar-refractivity contribution in [1.82, 2.24) is 9.55 Å². The number of hydrogen-bond donors (Lipinski definition) is 0. The highest BCUT2D eigenvalue weighted by Crippen LogP contribution is 2.28. The molecule has 3 rings (SSSR count). The maximum Gasteiger partial charge on any atom is 0.387 e. The summed E-state index contributed by atoms with van der Waals surface area (Å²) in [6, 6.07) is 12.3. The summed E-state index contributed by atoms with van der Waals surface area (Å²) in [7, 11) is 0. The number of carbonyl (C=O) groups is 1. The number of halogens is 4. The molecule has 0 saturated carbocycles. The van der Waals surface area contributed by atoms with E-state index in [4.69, 9.17) is 4.74 Å². The molecule has 0 aliphatic heterocycles. The highest BCUT2D eigenvalue weighted by Gasteiger charge is 2.24. The van der Waals surface area contributed by atoms with Crippen molar-refractivity contribution >= 4 is 17.0 Å². The zero-order chi connectivity index (χ0) is 21.0. The first-order valence-electron chi connectivity index (χ1n) is 8.83. The number of nitrogens with zero attached hydrogens (tertiary/aromatic N) is 2. The standard InChI is InChI=1S/C20H18F4N2O3/c1-12(18-25-15-4-2-3-5-16(15)26(18)19(21)22)28-17(27)11-8-13-6-9-14(10-7-13)29-20(23)24/h2-7,9-10,12,19-20H,8,11H2,1H3. The molecule has 0 radical (unpaired) electrons. The van der Waals surface area contributed by atoms with E-state index in [-0.39, 0.29) is 23.5 Å². The highest BCUT2D eigenvalue weighted by molar-refractivity contribution is 5.76. The number of ether oxygens (including phenoxy) is 2. The van der Waals surface area contributed by atoms with Gasteiger partial charge in [-0.3, -0.25) is 9.36 Å². The molecule has 0 fully saturated rings. The minimum Gasteiger partial charge on any atom is -0.454 e. The van der Waals surface area contributed by atoms with Crippen LogP contribution in [0.1, 0.15) is 37.4 Å². The summed E-state index contributed by atoms with van der Waals surface area (Å²) in [5, 5.41) is 0. The van der Waals surface area contributed by atoms with Gasteiger partial charge in [0.1, 0.15) is 5.75 Å². The van der Waals surface area contributed by atoms with Crippen LogP contribution in [0.3, 0.4) is 0 Å². The van der Waals surface area contributed by atoms with Crippen LogP contribution in [0, 0.1) is 0 Å². The van der Waals surface area contributed by atoms with Crippen LogP contribution < -0.4 is 4.74 Å². The van der Waals surface area contributed by atoms with Crippen LogP contribution in [0.4, 0.5) is 17.6 Å². The lowest BCUT2D eigenvalue weighted by Gasteiger charge is -2.15. The fourth-order valence-corrected chi connectivity index (χ4v) is 2.95. The average molecular weight is 410 g/mol. The third kappa shape index (κ3) is 5.04. The van der Waals surface area contributed by atoms with Crippen molar-refractivity contribution in [2.45, 2.75) is 39.0 Å². The van der Waals surface area contributed by atoms with Crippen molar-refractivity contribution < 1.29 is 31.8 Å². The molecule has 0 N–H and O–H groups in total. The number of alkyl halides is 4. The van der Waals surface area contributed by atoms with E-state index < -0.39 is 25.2 Å². The van der Waals surface area contributed by atoms with Crippen LogP contribution in [0.15, 0.2) is 48.5 Å². The number of esters is 1. The van der Waals surface area contributed by atoms with Gasteiger partial charge in [-0.1, -0.05) is 24.3 Å². The maximum absolute atomic E-state index is 13.5. The second-order valence-electron chi connectivity index (χ2n) is 6.26. The van der Waals surface area contributed by atoms with E-state index in [1.165, 1.54) is 25.1 Å². The lowest BCUT2D eigenvalue weighted by atomic mass is 10.1. The van der Waals surface area contributed by atoms with E-state index in [0.717, 1.165) is 10.1 Å². The van der Waals surface area contributed by atoms with Crippen LogP contribution in [-0.2, 0) is 16.0 Å². The van der Waals surface area contributed by atoms with Crippen LogP contribution in [0.25, 0.3) is 11.0 Å². The van der Waals surface area contributed by atoms with E-state index in [1.54, 1.807) is 30.3 Å². The lowest BCUT2D eigenvalue weighted by Crippen LogP contribution is -2.15. The van der Waals surface area contributed by atoms with Crippen LogP contribution in [0.2, 0.25) is 0 Å². The van der Waals surface area contributed by atoms with E-state index in [0.29, 0.717) is 11.9 Å². The zero-order valence-corrected chi connectivity index (χ0v) is 15.4. The molecule has 29 heavy (non-hydrogen) atoms. The van der Waals surface area contributed by atoms with Crippen molar-refractivity contribution in [2.75, 3.05) is 0 Å². The predicted octanol–water partition coefficient (Wildman–Crippen LogP) is 5.27. The Hall–Kier alpha value is -3.10. The Morgan fingerprint density at radius 1 is 1.07 bits per heavy atom. The first-order valence-corrected chi connectivity index (χ1v) is 8.83. The van der Waals surface area contributed by atoms with Gasteiger partial charge in [-0.2, -0.15) is 17.6 Å². The van der Waals surface area contributed by atoms with Gasteiger partial charge in [-0.25, -0.2) is 4.98 Å². The number of carbonyl (C=O) groups excluding carboxylic acids is 1. The first kappa shape index (κ1) is 20.6. The molecule has 0 aliphatic rings. The Balaban J connectivity index is 1.62. The van der Waals surface area contributed by atoms with Gasteiger partial charge in [0.05, 0.1) is 11.0 Å². The summed E-state index contributed by atoms with van der Waals surface area (Å²) in [5.74, 6) is -0.604. The molecule has 0 aliphatic carbocycles. The lowest BCUT2D eigenvalue weighted by molar-refractivity contribution is -0.149. The summed E-state index contributed by atoms with van der Waals surface area (Å²) in [4.78, 5) is 16.3. The maximum atomic E-state index is 13.5. The second-order valence-corrected chi connectivity index (χ2v) is 6.26. The number of aryl methyl sites for hydroxylation is 1. The van der Waals surface area contributed by atoms with Crippen molar-refractivity contribution in [2.24, 2.45) is 0 Å². The number of imidazole rings is 1. The van der Waals surface area contributed by atoms with Crippen LogP contribution in [0.5, 0.6) is 5.75 Å². The van der Waals surface area contributed by atoms with Crippen molar-refractivity contribution in [1.29, 1.82) is 0 Å². The molecule has 0 spiro atoms. The molecular formula is C20H18F4N2O3. The van der Waals surface area contributed by atoms with Gasteiger partial charge in [-0.05, 0) is 43.2 Å². The van der Waals surface area contributed by atoms with Gasteiger partial charge in [0.25, 0.3) is 0 Å². The van der Waals surface area contributed by atoms with Gasteiger partial charge in [0.2, 0.25) is 0 Å². The third-order valence-electron chi connectivity index (χ3n) is 4.26. The Morgan fingerprint density at radius 2 is 1.76 bits per heavy atom. The van der Waals surface area contributed by atoms with Crippen LogP contribution in [-0.4, -0.2) is 22.1 Å². The molecule has 5 nitrogen and oxygen atoms in total. The monoisotopic (exact) mass is 410 g/mol. The second kappa shape index (κ2) is 8.93. The smallest absolute Gasteiger partial charge is 0.387 e. The molecule has 1 atom stereocenters. The first-order chi connectivity index (χ1) is 13.8. The molecule has 1 heterocycles. The fourth-order valence-electron chi connectivity index (χ4n) is 2.95. The SMILES string of the molecule is CC(OC(=O)CCc1ccc(OC(F)F)cc1)c1nc2ccccc2n1C(F)F. The summed E-state index contributed by atoms with van der Waals surface area (Å²) in [6.45, 7) is -4.25. The van der Waals surface area contributed by atoms with Crippen molar-refractivity contribution in [3.8, 4) is 5.75 Å². The number of benzene rings is 2. The molecular weight excluding hydrogens is 392 g/mol. The number of rotatable bonds is 8. The van der Waals surface area contributed by atoms with Gasteiger partial charge < -0.3 is 9.47 Å². The molecule has 0 saturated heterocycles. The number of hydrogen-bond acceptors (Lipinski definition) is 4. The zero-order valence-electron chi connectivity index (χ0n) is 15.4. The minimum absolute atomic E-state index is 0.00566. The summed E-state index contributed by atoms with van der Waals surface area (Å²) < 4.78 is 61.6. The van der Waals surface area contributed by atoms with Gasteiger partial charge in [0.15, 0.2) is 11.9 Å². The summed E-state index contributed by atoms with van der Waals surface area (Å²) in [5.41, 5.74) is 1.36. The molecule has 3 aromatic rings. The van der Waals surface area contributed by atoms with Gasteiger partial charge in [-0.15, -0.1) is 0 Å². The fraction of sp³-hybridized carbons (Fsp3) is 0.300. The normalized spacial score (nSPS) is 12.5. The number of para-hydroxylation sites is 2. The minimum atomic E-state index is -2.91. The summed E-state index contributed by atoms with van der Waals surface area (Å²) in [6.07, 6.45) is -0.675. The molecule has 2 aromatic carbocycles. The Bertz CT molecular complexity index is 974. The number of fused-ring (bicyclic) bond motifs is 1. The van der Waals surface area contributed by atoms with E-state index >= 15 is 0 Å². The third-order valence-corrected chi connectivity index (χ3v) is 4.26. The Kier molecular flexibility index (Phi) is 6.36. The Morgan fingerprint density at radius 3 is 2.41 bits per heavy atom. The van der Waals surface area contributed by atoms with Gasteiger partial charge in [0, 0.05) is 6.42 Å². The predicted molar refractivity (Wildman–Crippen MR) is 96.9 cm³/mol. The van der Waals surface area contributed by atoms with Crippen molar-refractivity contribution in [3.05, 3.63) is 59.9 Å².